The zero-order chi connectivity index (χ0) is 11.9. The lowest BCUT2D eigenvalue weighted by atomic mass is 10.3. The molecule has 0 radical (unpaired) electrons. The third-order valence-corrected chi connectivity index (χ3v) is 1.86. The van der Waals surface area contributed by atoms with E-state index >= 15 is 0 Å². The number of pyridine rings is 1. The maximum absolute atomic E-state index is 11.4. The monoisotopic (exact) mass is 230 g/mol. The molecule has 0 aliphatic carbocycles. The predicted molar refractivity (Wildman–Crippen MR) is 60.0 cm³/mol. The van der Waals surface area contributed by atoms with Crippen molar-refractivity contribution in [3.63, 3.8) is 0 Å². The Morgan fingerprint density at radius 3 is 3.18 bits per heavy atom. The fourth-order valence-corrected chi connectivity index (χ4v) is 1.13. The Kier molecular flexibility index (Phi) is 3.53. The normalized spacial score (nSPS) is 10.6. The lowest BCUT2D eigenvalue weighted by Crippen LogP contribution is -2.23. The minimum atomic E-state index is -0.268. The average Bonchev–Trinajstić information content (AvgIpc) is 2.83. The van der Waals surface area contributed by atoms with Crippen molar-refractivity contribution < 1.29 is 4.79 Å². The Hall–Kier alpha value is -2.57. The van der Waals surface area contributed by atoms with E-state index in [1.807, 2.05) is 6.07 Å². The Morgan fingerprint density at radius 2 is 2.47 bits per heavy atom. The summed E-state index contributed by atoms with van der Waals surface area (Å²) < 4.78 is 1.41. The lowest BCUT2D eigenvalue weighted by molar-refractivity contribution is -0.121. The molecule has 0 saturated heterocycles. The largest absolute Gasteiger partial charge is 0.271 e. The van der Waals surface area contributed by atoms with Crippen molar-refractivity contribution >= 4 is 12.1 Å². The van der Waals surface area contributed by atoms with Gasteiger partial charge in [-0.05, 0) is 6.07 Å². The van der Waals surface area contributed by atoms with Gasteiger partial charge in [0.2, 0.25) is 0 Å². The first kappa shape index (κ1) is 10.9. The van der Waals surface area contributed by atoms with Crippen LogP contribution < -0.4 is 5.43 Å². The number of aromatic nitrogens is 4. The van der Waals surface area contributed by atoms with Crippen LogP contribution in [0.4, 0.5) is 0 Å². The molecule has 2 aromatic heterocycles. The highest BCUT2D eigenvalue weighted by Crippen LogP contribution is 1.89. The molecule has 2 aromatic rings. The summed E-state index contributed by atoms with van der Waals surface area (Å²) in [5.74, 6) is -0.268. The number of carbonyl (C=O) groups excluding carboxylic acids is 1. The number of hydrogen-bond acceptors (Lipinski definition) is 5. The first-order valence-electron chi connectivity index (χ1n) is 4.89. The number of rotatable bonds is 4. The van der Waals surface area contributed by atoms with Crippen molar-refractivity contribution in [1.29, 1.82) is 0 Å². The van der Waals surface area contributed by atoms with Crippen LogP contribution in [0.25, 0.3) is 0 Å². The minimum absolute atomic E-state index is 0.0877. The summed E-state index contributed by atoms with van der Waals surface area (Å²) in [4.78, 5) is 19.0. The Morgan fingerprint density at radius 1 is 1.53 bits per heavy atom. The number of hydrazone groups is 1. The van der Waals surface area contributed by atoms with Gasteiger partial charge in [0.1, 0.15) is 19.2 Å². The van der Waals surface area contributed by atoms with E-state index in [1.165, 1.54) is 23.6 Å². The van der Waals surface area contributed by atoms with Gasteiger partial charge in [0.25, 0.3) is 5.91 Å². The highest BCUT2D eigenvalue weighted by molar-refractivity contribution is 5.81. The molecule has 0 spiro atoms. The number of carbonyl (C=O) groups is 1. The van der Waals surface area contributed by atoms with E-state index in [0.29, 0.717) is 0 Å². The molecule has 0 bridgehead atoms. The highest BCUT2D eigenvalue weighted by Gasteiger charge is 2.00. The van der Waals surface area contributed by atoms with Gasteiger partial charge in [0, 0.05) is 18.0 Å². The number of nitrogens with one attached hydrogen (secondary N) is 1. The molecule has 1 amide bonds. The topological polar surface area (TPSA) is 85.1 Å². The molecule has 86 valence electrons. The average molecular weight is 230 g/mol. The van der Waals surface area contributed by atoms with Crippen LogP contribution >= 0.6 is 0 Å². The van der Waals surface area contributed by atoms with Crippen molar-refractivity contribution in [3.05, 3.63) is 42.7 Å². The molecule has 2 rings (SSSR count). The summed E-state index contributed by atoms with van der Waals surface area (Å²) >= 11 is 0. The van der Waals surface area contributed by atoms with Crippen LogP contribution in [0.15, 0.2) is 42.3 Å². The highest BCUT2D eigenvalue weighted by atomic mass is 16.2. The summed E-state index contributed by atoms with van der Waals surface area (Å²) in [6, 6.07) is 3.62. The summed E-state index contributed by atoms with van der Waals surface area (Å²) in [5.41, 5.74) is 3.20. The summed E-state index contributed by atoms with van der Waals surface area (Å²) in [5, 5.41) is 7.60. The zero-order valence-electron chi connectivity index (χ0n) is 8.89. The third-order valence-electron chi connectivity index (χ3n) is 1.86. The standard InChI is InChI=1S/C10H10N6O/c17-10(6-16-8-12-7-14-16)15-13-5-9-2-1-3-11-4-9/h1-5,7-8H,6H2,(H,15,17)/b13-5-. The van der Waals surface area contributed by atoms with Gasteiger partial charge >= 0.3 is 0 Å². The summed E-state index contributed by atoms with van der Waals surface area (Å²) in [7, 11) is 0. The van der Waals surface area contributed by atoms with Gasteiger partial charge in [-0.25, -0.2) is 15.1 Å². The fraction of sp³-hybridized carbons (Fsp3) is 0.100. The summed E-state index contributed by atoms with van der Waals surface area (Å²) in [6.07, 6.45) is 7.66. The second-order valence-corrected chi connectivity index (χ2v) is 3.17. The Balaban J connectivity index is 1.82. The molecular weight excluding hydrogens is 220 g/mol. The number of amides is 1. The van der Waals surface area contributed by atoms with Crippen LogP contribution in [0, 0.1) is 0 Å². The van der Waals surface area contributed by atoms with E-state index in [0.717, 1.165) is 5.56 Å². The smallest absolute Gasteiger partial charge is 0.261 e. The van der Waals surface area contributed by atoms with E-state index < -0.39 is 0 Å². The molecule has 0 fully saturated rings. The second-order valence-electron chi connectivity index (χ2n) is 3.17. The van der Waals surface area contributed by atoms with Gasteiger partial charge in [-0.1, -0.05) is 6.07 Å². The molecule has 0 saturated carbocycles. The molecule has 1 N–H and O–H groups in total. The maximum Gasteiger partial charge on any atom is 0.261 e. The van der Waals surface area contributed by atoms with Crippen LogP contribution in [-0.4, -0.2) is 31.9 Å². The Labute approximate surface area is 97.2 Å². The number of nitrogens with zero attached hydrogens (tertiary/aromatic N) is 5. The molecule has 0 atom stereocenters. The molecule has 7 nitrogen and oxygen atoms in total. The molecule has 0 aliphatic rings. The minimum Gasteiger partial charge on any atom is -0.271 e. The van der Waals surface area contributed by atoms with Crippen molar-refractivity contribution in [2.45, 2.75) is 6.54 Å². The SMILES string of the molecule is O=C(Cn1cncn1)N/N=C\c1cccnc1. The van der Waals surface area contributed by atoms with Crippen molar-refractivity contribution in [1.82, 2.24) is 25.2 Å². The molecule has 17 heavy (non-hydrogen) atoms. The number of hydrogen-bond donors (Lipinski definition) is 1. The maximum atomic E-state index is 11.4. The predicted octanol–water partition coefficient (Wildman–Crippen LogP) is -0.177. The van der Waals surface area contributed by atoms with Gasteiger partial charge in [0.05, 0.1) is 6.21 Å². The van der Waals surface area contributed by atoms with Crippen LogP contribution in [0.3, 0.4) is 0 Å². The summed E-state index contributed by atoms with van der Waals surface area (Å²) in [6.45, 7) is 0.0877. The van der Waals surface area contributed by atoms with Crippen molar-refractivity contribution in [2.24, 2.45) is 5.10 Å². The van der Waals surface area contributed by atoms with Gasteiger partial charge in [-0.2, -0.15) is 10.2 Å². The van der Waals surface area contributed by atoms with Crippen molar-refractivity contribution in [2.75, 3.05) is 0 Å². The van der Waals surface area contributed by atoms with Gasteiger partial charge in [0.15, 0.2) is 0 Å². The van der Waals surface area contributed by atoms with Crippen LogP contribution in [0.2, 0.25) is 0 Å². The molecule has 2 heterocycles. The quantitative estimate of drug-likeness (QED) is 0.583. The van der Waals surface area contributed by atoms with Gasteiger partial charge in [-0.3, -0.25) is 9.78 Å². The van der Waals surface area contributed by atoms with Crippen LogP contribution in [0.1, 0.15) is 5.56 Å². The third kappa shape index (κ3) is 3.49. The van der Waals surface area contributed by atoms with Gasteiger partial charge < -0.3 is 0 Å². The van der Waals surface area contributed by atoms with E-state index in [-0.39, 0.29) is 12.5 Å². The van der Waals surface area contributed by atoms with E-state index in [9.17, 15) is 4.79 Å². The van der Waals surface area contributed by atoms with E-state index in [2.05, 4.69) is 25.6 Å². The second kappa shape index (κ2) is 5.50. The molecule has 0 aromatic carbocycles. The Bertz CT molecular complexity index is 493. The first-order chi connectivity index (χ1) is 8.34. The molecular formula is C10H10N6O. The van der Waals surface area contributed by atoms with E-state index in [4.69, 9.17) is 0 Å². The lowest BCUT2D eigenvalue weighted by Gasteiger charge is -1.98. The molecule has 0 aliphatic heterocycles. The van der Waals surface area contributed by atoms with Gasteiger partial charge in [-0.15, -0.1) is 0 Å². The molecule has 7 heteroatoms. The van der Waals surface area contributed by atoms with Crippen molar-refractivity contribution in [3.8, 4) is 0 Å². The zero-order valence-corrected chi connectivity index (χ0v) is 8.89. The fourth-order valence-electron chi connectivity index (χ4n) is 1.13. The van der Waals surface area contributed by atoms with E-state index in [1.54, 1.807) is 18.5 Å². The molecule has 0 unspecified atom stereocenters. The van der Waals surface area contributed by atoms with Crippen LogP contribution in [-0.2, 0) is 11.3 Å². The van der Waals surface area contributed by atoms with Crippen LogP contribution in [0.5, 0.6) is 0 Å². The first-order valence-corrected chi connectivity index (χ1v) is 4.89.